The molecular formula is C19H40N2OS. The molecule has 0 aliphatic rings. The zero-order valence-corrected chi connectivity index (χ0v) is 16.6. The Hall–Kier alpha value is -0.350. The molecule has 0 spiro atoms. The molecule has 0 aromatic carbocycles. The second-order valence-electron chi connectivity index (χ2n) is 6.44. The number of rotatable bonds is 16. The first-order chi connectivity index (χ1) is 11.2. The Morgan fingerprint density at radius 1 is 0.870 bits per heavy atom. The summed E-state index contributed by atoms with van der Waals surface area (Å²) in [7, 11) is 0. The molecule has 23 heavy (non-hydrogen) atoms. The van der Waals surface area contributed by atoms with E-state index in [0.29, 0.717) is 0 Å². The molecule has 0 aliphatic heterocycles. The van der Waals surface area contributed by atoms with Crippen molar-refractivity contribution in [1.82, 2.24) is 10.6 Å². The number of unbranched alkanes of at least 4 members (excludes halogenated alkanes) is 5. The summed E-state index contributed by atoms with van der Waals surface area (Å²) in [6.07, 6.45) is 12.6. The summed E-state index contributed by atoms with van der Waals surface area (Å²) in [5.74, 6) is 0.735. The second kappa shape index (κ2) is 18.0. The summed E-state index contributed by atoms with van der Waals surface area (Å²) in [4.78, 5) is 0. The van der Waals surface area contributed by atoms with Gasteiger partial charge < -0.3 is 15.4 Å². The van der Waals surface area contributed by atoms with Gasteiger partial charge in [-0.1, -0.05) is 65.7 Å². The van der Waals surface area contributed by atoms with Crippen LogP contribution in [0.15, 0.2) is 0 Å². The summed E-state index contributed by atoms with van der Waals surface area (Å²) in [5.41, 5.74) is 0. The first-order valence-corrected chi connectivity index (χ1v) is 10.2. The molecule has 0 fully saturated rings. The summed E-state index contributed by atoms with van der Waals surface area (Å²) >= 11 is 5.28. The number of hydrogen-bond acceptors (Lipinski definition) is 2. The molecule has 0 aromatic heterocycles. The normalized spacial score (nSPS) is 12.1. The topological polar surface area (TPSA) is 33.3 Å². The third-order valence-corrected chi connectivity index (χ3v) is 4.50. The van der Waals surface area contributed by atoms with Crippen LogP contribution < -0.4 is 10.6 Å². The van der Waals surface area contributed by atoms with Crippen molar-refractivity contribution in [3.05, 3.63) is 0 Å². The standard InChI is InChI=1S/C19H40N2OS/c1-4-7-9-10-11-14-20-19(23)21-15-12-16-22-17-18(6-3)13-8-5-2/h18H,4-17H2,1-3H3,(H2,20,21,23). The fourth-order valence-electron chi connectivity index (χ4n) is 2.52. The van der Waals surface area contributed by atoms with Crippen molar-refractivity contribution in [2.45, 2.75) is 85.0 Å². The number of thiocarbonyl (C=S) groups is 1. The van der Waals surface area contributed by atoms with Crippen molar-refractivity contribution in [3.8, 4) is 0 Å². The van der Waals surface area contributed by atoms with Crippen molar-refractivity contribution < 1.29 is 4.74 Å². The van der Waals surface area contributed by atoms with Gasteiger partial charge in [-0.2, -0.15) is 0 Å². The van der Waals surface area contributed by atoms with Gasteiger partial charge >= 0.3 is 0 Å². The van der Waals surface area contributed by atoms with Crippen LogP contribution >= 0.6 is 12.2 Å². The molecule has 0 aromatic rings. The maximum Gasteiger partial charge on any atom is 0.166 e. The summed E-state index contributed by atoms with van der Waals surface area (Å²) in [6.45, 7) is 10.4. The average Bonchev–Trinajstić information content (AvgIpc) is 2.56. The van der Waals surface area contributed by atoms with Crippen molar-refractivity contribution in [2.24, 2.45) is 5.92 Å². The lowest BCUT2D eigenvalue weighted by Crippen LogP contribution is -2.36. The van der Waals surface area contributed by atoms with E-state index in [9.17, 15) is 0 Å². The smallest absolute Gasteiger partial charge is 0.166 e. The second-order valence-corrected chi connectivity index (χ2v) is 6.85. The van der Waals surface area contributed by atoms with E-state index < -0.39 is 0 Å². The summed E-state index contributed by atoms with van der Waals surface area (Å²) in [6, 6.07) is 0. The van der Waals surface area contributed by atoms with Gasteiger partial charge in [-0.3, -0.25) is 0 Å². The van der Waals surface area contributed by atoms with Gasteiger partial charge in [0.05, 0.1) is 0 Å². The highest BCUT2D eigenvalue weighted by Crippen LogP contribution is 2.12. The molecule has 0 saturated carbocycles. The Labute approximate surface area is 150 Å². The van der Waals surface area contributed by atoms with Crippen LogP contribution in [0.4, 0.5) is 0 Å². The zero-order chi connectivity index (χ0) is 17.2. The Kier molecular flexibility index (Phi) is 17.7. The van der Waals surface area contributed by atoms with Crippen molar-refractivity contribution >= 4 is 17.3 Å². The van der Waals surface area contributed by atoms with Crippen molar-refractivity contribution in [1.29, 1.82) is 0 Å². The lowest BCUT2D eigenvalue weighted by atomic mass is 10.0. The highest BCUT2D eigenvalue weighted by Gasteiger charge is 2.05. The van der Waals surface area contributed by atoms with Crippen LogP contribution in [0.25, 0.3) is 0 Å². The van der Waals surface area contributed by atoms with E-state index in [1.54, 1.807) is 0 Å². The number of nitrogens with one attached hydrogen (secondary N) is 2. The molecule has 0 radical (unpaired) electrons. The fourth-order valence-corrected chi connectivity index (χ4v) is 2.72. The van der Waals surface area contributed by atoms with E-state index in [-0.39, 0.29) is 0 Å². The SMILES string of the molecule is CCCCCCCNC(=S)NCCCOCC(CC)CCCC. The zero-order valence-electron chi connectivity index (χ0n) is 15.8. The first-order valence-electron chi connectivity index (χ1n) is 9.83. The Balaban J connectivity index is 3.34. The largest absolute Gasteiger partial charge is 0.381 e. The molecule has 4 heteroatoms. The molecule has 3 nitrogen and oxygen atoms in total. The molecular weight excluding hydrogens is 304 g/mol. The summed E-state index contributed by atoms with van der Waals surface area (Å²) in [5, 5.41) is 7.33. The molecule has 0 aliphatic carbocycles. The Morgan fingerprint density at radius 2 is 1.52 bits per heavy atom. The van der Waals surface area contributed by atoms with Gasteiger partial charge in [0.2, 0.25) is 0 Å². The lowest BCUT2D eigenvalue weighted by molar-refractivity contribution is 0.0927. The van der Waals surface area contributed by atoms with Gasteiger partial charge in [-0.15, -0.1) is 0 Å². The van der Waals surface area contributed by atoms with Gasteiger partial charge in [0.1, 0.15) is 0 Å². The van der Waals surface area contributed by atoms with Crippen molar-refractivity contribution in [2.75, 3.05) is 26.3 Å². The van der Waals surface area contributed by atoms with Crippen LogP contribution in [-0.4, -0.2) is 31.4 Å². The quantitative estimate of drug-likeness (QED) is 0.303. The molecule has 0 bridgehead atoms. The number of hydrogen-bond donors (Lipinski definition) is 2. The maximum atomic E-state index is 5.80. The molecule has 0 heterocycles. The average molecular weight is 345 g/mol. The van der Waals surface area contributed by atoms with Gasteiger partial charge in [-0.05, 0) is 37.4 Å². The third kappa shape index (κ3) is 16.3. The maximum absolute atomic E-state index is 5.80. The van der Waals surface area contributed by atoms with E-state index >= 15 is 0 Å². The van der Waals surface area contributed by atoms with Crippen LogP contribution in [0.5, 0.6) is 0 Å². The van der Waals surface area contributed by atoms with Gasteiger partial charge in [0.15, 0.2) is 5.11 Å². The molecule has 0 saturated heterocycles. The van der Waals surface area contributed by atoms with E-state index in [4.69, 9.17) is 17.0 Å². The Morgan fingerprint density at radius 3 is 2.17 bits per heavy atom. The van der Waals surface area contributed by atoms with E-state index in [2.05, 4.69) is 31.4 Å². The Bertz CT molecular complexity index is 262. The molecule has 1 unspecified atom stereocenters. The predicted octanol–water partition coefficient (Wildman–Crippen LogP) is 5.04. The van der Waals surface area contributed by atoms with E-state index in [1.807, 2.05) is 0 Å². The highest BCUT2D eigenvalue weighted by atomic mass is 32.1. The van der Waals surface area contributed by atoms with Crippen LogP contribution in [0.2, 0.25) is 0 Å². The first kappa shape index (κ1) is 22.6. The molecule has 2 N–H and O–H groups in total. The van der Waals surface area contributed by atoms with Crippen LogP contribution in [-0.2, 0) is 4.74 Å². The molecule has 138 valence electrons. The van der Waals surface area contributed by atoms with Crippen LogP contribution in [0, 0.1) is 5.92 Å². The number of ether oxygens (including phenoxy) is 1. The van der Waals surface area contributed by atoms with E-state index in [1.165, 1.54) is 57.8 Å². The van der Waals surface area contributed by atoms with Crippen molar-refractivity contribution in [3.63, 3.8) is 0 Å². The van der Waals surface area contributed by atoms with E-state index in [0.717, 1.165) is 43.8 Å². The van der Waals surface area contributed by atoms with Crippen LogP contribution in [0.3, 0.4) is 0 Å². The fraction of sp³-hybridized carbons (Fsp3) is 0.947. The van der Waals surface area contributed by atoms with Crippen LogP contribution in [0.1, 0.15) is 85.0 Å². The predicted molar refractivity (Wildman–Crippen MR) is 106 cm³/mol. The summed E-state index contributed by atoms with van der Waals surface area (Å²) < 4.78 is 5.80. The minimum absolute atomic E-state index is 0.735. The third-order valence-electron chi connectivity index (χ3n) is 4.21. The minimum Gasteiger partial charge on any atom is -0.381 e. The molecule has 0 amide bonds. The highest BCUT2D eigenvalue weighted by molar-refractivity contribution is 7.80. The minimum atomic E-state index is 0.735. The lowest BCUT2D eigenvalue weighted by Gasteiger charge is -2.15. The van der Waals surface area contributed by atoms with Gasteiger partial charge in [0.25, 0.3) is 0 Å². The van der Waals surface area contributed by atoms with Gasteiger partial charge in [-0.25, -0.2) is 0 Å². The monoisotopic (exact) mass is 344 g/mol. The molecule has 0 rings (SSSR count). The van der Waals surface area contributed by atoms with Gasteiger partial charge in [0, 0.05) is 26.3 Å². The molecule has 1 atom stereocenters.